The predicted octanol–water partition coefficient (Wildman–Crippen LogP) is 37.6. The molecule has 0 fully saturated rings. The summed E-state index contributed by atoms with van der Waals surface area (Å²) in [5.74, 6) is 0. The van der Waals surface area contributed by atoms with Gasteiger partial charge < -0.3 is 27.4 Å². The molecular weight excluding hydrogens is 1770 g/mol. The molecule has 6 heterocycles. The van der Waals surface area contributed by atoms with E-state index in [1.54, 1.807) is 0 Å². The van der Waals surface area contributed by atoms with Crippen LogP contribution in [-0.2, 0) is 0 Å². The Morgan fingerprint density at radius 1 is 0.0890 bits per heavy atom. The highest BCUT2D eigenvalue weighted by Crippen LogP contribution is 2.47. The standard InChI is InChI=1S/2C48H32N2.C44H28N2/c1-4-14-33(15-5-1)39-27-26-38(32-42(39)34-16-6-2-7-17-34)50-46-23-13-11-21-41(46)44-31-36(25-29-48(44)50)35-24-28-47-43(30-35)40-20-10-12-22-45(40)49(47)37-18-8-3-9-19-37;1-3-13-33(14-4-1)39-17-7-8-18-40(39)34-23-27-38(28-24-34)50-46-22-12-10-20-42(46)44-32-36(26-30-48(44)50)35-25-29-47-43(31-35)41-19-9-11-21-45(41)49(47)37-15-5-2-6-16-37;1-3-11-31-25-35(21-17-29(31)9-1)45-41-15-7-5-13-37(41)39-27-33(19-23-43(39)45)34-20-24-44-40(28-34)38-14-6-8-16-42(38)46(44)36-22-18-30-10-2-4-12-32(30)26-36/h2*1-32H;1-28H. The van der Waals surface area contributed by atoms with Crippen LogP contribution in [0.5, 0.6) is 0 Å². The van der Waals surface area contributed by atoms with Crippen LogP contribution in [0.3, 0.4) is 0 Å². The lowest BCUT2D eigenvalue weighted by Crippen LogP contribution is -1.96. The van der Waals surface area contributed by atoms with Crippen LogP contribution in [0.25, 0.3) is 264 Å². The number of aromatic nitrogens is 6. The first-order valence-corrected chi connectivity index (χ1v) is 50.2. The van der Waals surface area contributed by atoms with Crippen LogP contribution in [-0.4, -0.2) is 27.4 Å². The van der Waals surface area contributed by atoms with Crippen LogP contribution in [0.15, 0.2) is 558 Å². The highest BCUT2D eigenvalue weighted by atomic mass is 15.0. The van der Waals surface area contributed by atoms with Gasteiger partial charge in [-0.15, -0.1) is 0 Å². The summed E-state index contributed by atoms with van der Waals surface area (Å²) in [7, 11) is 0. The Balaban J connectivity index is 0.000000106. The van der Waals surface area contributed by atoms with E-state index in [1.165, 1.54) is 253 Å². The summed E-state index contributed by atoms with van der Waals surface area (Å²) in [6, 6.07) is 203. The number of nitrogens with zero attached hydrogens (tertiary/aromatic N) is 6. The van der Waals surface area contributed by atoms with E-state index >= 15 is 0 Å². The first-order chi connectivity index (χ1) is 72.4. The topological polar surface area (TPSA) is 29.6 Å². The number of benzene rings is 24. The Hall–Kier alpha value is -19.4. The predicted molar refractivity (Wildman–Crippen MR) is 618 cm³/mol. The molecular formula is C140H92N6. The summed E-state index contributed by atoms with van der Waals surface area (Å²) in [4.78, 5) is 0. The summed E-state index contributed by atoms with van der Waals surface area (Å²) in [6.07, 6.45) is 0. The summed E-state index contributed by atoms with van der Waals surface area (Å²) in [5, 5.41) is 20.1. The quantitative estimate of drug-likeness (QED) is 0.110. The van der Waals surface area contributed by atoms with E-state index in [4.69, 9.17) is 0 Å². The van der Waals surface area contributed by atoms with Crippen LogP contribution in [0.1, 0.15) is 0 Å². The molecule has 6 heteroatoms. The summed E-state index contributed by atoms with van der Waals surface area (Å²) in [5.41, 5.74) is 38.7. The fourth-order valence-corrected chi connectivity index (χ4v) is 23.2. The van der Waals surface area contributed by atoms with Crippen molar-refractivity contribution in [3.05, 3.63) is 558 Å². The van der Waals surface area contributed by atoms with Crippen molar-refractivity contribution in [3.63, 3.8) is 0 Å². The number of fused-ring (bicyclic) bond motifs is 20. The zero-order chi connectivity index (χ0) is 96.2. The molecule has 0 amide bonds. The molecule has 6 nitrogen and oxygen atoms in total. The number of hydrogen-bond acceptors (Lipinski definition) is 0. The third kappa shape index (κ3) is 14.5. The first-order valence-electron chi connectivity index (χ1n) is 50.2. The molecule has 0 aliphatic rings. The smallest absolute Gasteiger partial charge is 0.0541 e. The summed E-state index contributed by atoms with van der Waals surface area (Å²) >= 11 is 0. The SMILES string of the molecule is c1ccc(-c2ccc(-n3c4ccccc4c4cc(-c5ccc6c(c5)c5ccccc5n6-c5ccccc5)ccc43)cc2-c2ccccc2)cc1.c1ccc(-c2ccccc2-c2ccc(-n3c4ccccc4c4cc(-c5ccc6c(c5)c5ccccc5n6-c5ccccc5)ccc43)cc2)cc1.c1ccc2cc(-n3c4ccccc4c4cc(-c5ccc6c(c5)c5ccccc5n6-c5ccc6ccccc6c5)ccc43)ccc2c1. The van der Waals surface area contributed by atoms with Gasteiger partial charge in [-0.3, -0.25) is 0 Å². The Morgan fingerprint density at radius 3 is 0.582 bits per heavy atom. The van der Waals surface area contributed by atoms with Crippen molar-refractivity contribution in [2.45, 2.75) is 0 Å². The fraction of sp³-hybridized carbons (Fsp3) is 0. The van der Waals surface area contributed by atoms with Crippen molar-refractivity contribution in [3.8, 4) is 112 Å². The van der Waals surface area contributed by atoms with Crippen LogP contribution in [0, 0.1) is 0 Å². The van der Waals surface area contributed by atoms with Crippen LogP contribution in [0.4, 0.5) is 0 Å². The van der Waals surface area contributed by atoms with Crippen LogP contribution >= 0.6 is 0 Å². The second-order valence-corrected chi connectivity index (χ2v) is 38.2. The van der Waals surface area contributed by atoms with Gasteiger partial charge >= 0.3 is 0 Å². The van der Waals surface area contributed by atoms with Gasteiger partial charge in [-0.1, -0.05) is 376 Å². The molecule has 0 saturated heterocycles. The minimum Gasteiger partial charge on any atom is -0.309 e. The maximum Gasteiger partial charge on any atom is 0.0541 e. The van der Waals surface area contributed by atoms with E-state index in [0.717, 1.165) is 11.4 Å². The molecule has 146 heavy (non-hydrogen) atoms. The molecule has 682 valence electrons. The second kappa shape index (κ2) is 35.4. The summed E-state index contributed by atoms with van der Waals surface area (Å²) < 4.78 is 14.4. The zero-order valence-corrected chi connectivity index (χ0v) is 79.8. The molecule has 30 aromatic rings. The Kier molecular flexibility index (Phi) is 20.5. The molecule has 0 unspecified atom stereocenters. The lowest BCUT2D eigenvalue weighted by Gasteiger charge is -2.15. The van der Waals surface area contributed by atoms with Crippen LogP contribution in [0.2, 0.25) is 0 Å². The minimum absolute atomic E-state index is 1.15. The number of hydrogen-bond donors (Lipinski definition) is 0. The Morgan fingerprint density at radius 2 is 0.281 bits per heavy atom. The van der Waals surface area contributed by atoms with Gasteiger partial charge in [-0.25, -0.2) is 0 Å². The van der Waals surface area contributed by atoms with Gasteiger partial charge in [-0.2, -0.15) is 0 Å². The van der Waals surface area contributed by atoms with E-state index < -0.39 is 0 Å². The minimum atomic E-state index is 1.15. The first kappa shape index (κ1) is 84.7. The van der Waals surface area contributed by atoms with Crippen LogP contribution < -0.4 is 0 Å². The lowest BCUT2D eigenvalue weighted by molar-refractivity contribution is 1.18. The van der Waals surface area contributed by atoms with Gasteiger partial charge in [0.15, 0.2) is 0 Å². The maximum absolute atomic E-state index is 2.42. The Labute approximate surface area is 843 Å². The molecule has 0 spiro atoms. The van der Waals surface area contributed by atoms with E-state index in [-0.39, 0.29) is 0 Å². The van der Waals surface area contributed by atoms with Gasteiger partial charge in [0.25, 0.3) is 0 Å². The van der Waals surface area contributed by atoms with E-state index in [2.05, 4.69) is 586 Å². The molecule has 24 aromatic carbocycles. The van der Waals surface area contributed by atoms with Gasteiger partial charge in [-0.05, 0) is 281 Å². The van der Waals surface area contributed by atoms with Crippen molar-refractivity contribution in [1.82, 2.24) is 27.4 Å². The van der Waals surface area contributed by atoms with Crippen molar-refractivity contribution in [2.75, 3.05) is 0 Å². The molecule has 6 aromatic heterocycles. The van der Waals surface area contributed by atoms with Gasteiger partial charge in [0, 0.05) is 98.8 Å². The number of para-hydroxylation sites is 8. The lowest BCUT2D eigenvalue weighted by atomic mass is 9.94. The monoisotopic (exact) mass is 1860 g/mol. The average molecular weight is 1860 g/mol. The van der Waals surface area contributed by atoms with E-state index in [0.29, 0.717) is 0 Å². The van der Waals surface area contributed by atoms with Gasteiger partial charge in [0.2, 0.25) is 0 Å². The molecule has 0 aliphatic carbocycles. The third-order valence-electron chi connectivity index (χ3n) is 29.9. The van der Waals surface area contributed by atoms with Gasteiger partial charge in [0.05, 0.1) is 66.2 Å². The summed E-state index contributed by atoms with van der Waals surface area (Å²) in [6.45, 7) is 0. The van der Waals surface area contributed by atoms with E-state index in [9.17, 15) is 0 Å². The van der Waals surface area contributed by atoms with Crippen molar-refractivity contribution in [2.24, 2.45) is 0 Å². The molecule has 0 saturated carbocycles. The molecule has 30 rings (SSSR count). The number of rotatable bonds is 13. The average Bonchev–Trinajstić information content (AvgIpc) is 1.60. The maximum atomic E-state index is 2.42. The molecule has 0 atom stereocenters. The van der Waals surface area contributed by atoms with E-state index in [1.807, 2.05) is 0 Å². The Bertz CT molecular complexity index is 10200. The third-order valence-corrected chi connectivity index (χ3v) is 29.9. The second-order valence-electron chi connectivity index (χ2n) is 38.2. The largest absolute Gasteiger partial charge is 0.309 e. The van der Waals surface area contributed by atoms with Gasteiger partial charge in [0.1, 0.15) is 0 Å². The highest BCUT2D eigenvalue weighted by Gasteiger charge is 2.24. The molecule has 0 N–H and O–H groups in total. The molecule has 0 aliphatic heterocycles. The van der Waals surface area contributed by atoms with Crippen molar-refractivity contribution in [1.29, 1.82) is 0 Å². The molecule has 0 radical (unpaired) electrons. The highest BCUT2D eigenvalue weighted by molar-refractivity contribution is 6.18. The molecule has 0 bridgehead atoms. The van der Waals surface area contributed by atoms with Crippen molar-refractivity contribution < 1.29 is 0 Å². The normalized spacial score (nSPS) is 11.7. The zero-order valence-electron chi connectivity index (χ0n) is 79.8. The fourth-order valence-electron chi connectivity index (χ4n) is 23.2. The van der Waals surface area contributed by atoms with Crippen molar-refractivity contribution >= 4 is 152 Å².